The molecule has 0 N–H and O–H groups in total. The Labute approximate surface area is 194 Å². The molecule has 2 aromatic carbocycles. The van der Waals surface area contributed by atoms with Gasteiger partial charge in [0.05, 0.1) is 18.1 Å². The average Bonchev–Trinajstić information content (AvgIpc) is 2.84. The van der Waals surface area contributed by atoms with Gasteiger partial charge in [-0.15, -0.1) is 0 Å². The number of nitrogens with zero attached hydrogens (tertiary/aromatic N) is 2. The van der Waals surface area contributed by atoms with Crippen molar-refractivity contribution in [3.63, 3.8) is 0 Å². The fraction of sp³-hybridized carbons (Fsp3) is 0.448. The van der Waals surface area contributed by atoms with Crippen LogP contribution in [0, 0.1) is 0 Å². The first kappa shape index (κ1) is 24.0. The zero-order valence-electron chi connectivity index (χ0n) is 19.9. The van der Waals surface area contributed by atoms with Crippen molar-refractivity contribution in [2.45, 2.75) is 84.7 Å². The van der Waals surface area contributed by atoms with E-state index in [1.807, 2.05) is 0 Å². The van der Waals surface area contributed by atoms with Crippen LogP contribution >= 0.6 is 0 Å². The summed E-state index contributed by atoms with van der Waals surface area (Å²) in [5, 5.41) is 0. The van der Waals surface area contributed by atoms with Crippen molar-refractivity contribution in [2.75, 3.05) is 0 Å². The summed E-state index contributed by atoms with van der Waals surface area (Å²) in [5.74, 6) is 0.560. The smallest absolute Gasteiger partial charge is 0.232 e. The largest absolute Gasteiger partial charge is 0.472 e. The van der Waals surface area contributed by atoms with E-state index in [0.717, 1.165) is 29.7 Å². The van der Waals surface area contributed by atoms with Crippen LogP contribution in [0.2, 0.25) is 0 Å². The average molecular weight is 431 g/mol. The molecule has 0 saturated heterocycles. The minimum atomic E-state index is 0.510. The van der Waals surface area contributed by atoms with Crippen LogP contribution in [0.3, 0.4) is 0 Å². The lowest BCUT2D eigenvalue weighted by Crippen LogP contribution is -1.98. The van der Waals surface area contributed by atoms with E-state index in [9.17, 15) is 0 Å². The van der Waals surface area contributed by atoms with E-state index in [-0.39, 0.29) is 0 Å². The molecule has 1 heterocycles. The molecule has 0 aliphatic heterocycles. The van der Waals surface area contributed by atoms with E-state index in [1.165, 1.54) is 62.5 Å². The molecule has 0 unspecified atom stereocenters. The van der Waals surface area contributed by atoms with E-state index in [1.54, 1.807) is 12.4 Å². The highest BCUT2D eigenvalue weighted by Crippen LogP contribution is 2.20. The summed E-state index contributed by atoms with van der Waals surface area (Å²) < 4.78 is 5.84. The number of hydrogen-bond acceptors (Lipinski definition) is 3. The van der Waals surface area contributed by atoms with E-state index in [2.05, 4.69) is 72.3 Å². The summed E-state index contributed by atoms with van der Waals surface area (Å²) in [5.41, 5.74) is 5.92. The predicted octanol–water partition coefficient (Wildman–Crippen LogP) is 7.97. The minimum Gasteiger partial charge on any atom is -0.472 e. The number of aromatic nitrogens is 2. The van der Waals surface area contributed by atoms with Crippen LogP contribution < -0.4 is 4.74 Å². The Bertz CT molecular complexity index is 886. The van der Waals surface area contributed by atoms with E-state index < -0.39 is 0 Å². The lowest BCUT2D eigenvalue weighted by molar-refractivity contribution is 0.292. The summed E-state index contributed by atoms with van der Waals surface area (Å²) >= 11 is 0. The molecule has 0 bridgehead atoms. The third-order valence-corrected chi connectivity index (χ3v) is 5.93. The minimum absolute atomic E-state index is 0.510. The first-order valence-corrected chi connectivity index (χ1v) is 12.4. The molecule has 0 radical (unpaired) electrons. The predicted molar refractivity (Wildman–Crippen MR) is 134 cm³/mol. The number of ether oxygens (including phenoxy) is 1. The van der Waals surface area contributed by atoms with Gasteiger partial charge in [-0.2, -0.15) is 0 Å². The molecular formula is C29H38N2O. The summed E-state index contributed by atoms with van der Waals surface area (Å²) in [4.78, 5) is 9.01. The normalized spacial score (nSPS) is 10.9. The molecule has 3 rings (SSSR count). The van der Waals surface area contributed by atoms with Crippen LogP contribution in [0.15, 0.2) is 60.9 Å². The Balaban J connectivity index is 1.45. The standard InChI is InChI=1S/C29H38N2O/c1-3-5-7-8-10-12-25-17-19-27(20-18-25)28-21-31-29(22-30-28)32-23-26-15-13-24(14-16-26)11-9-6-4-2/h13-22H,3-12,23H2,1-2H3. The molecule has 0 amide bonds. The van der Waals surface area contributed by atoms with Gasteiger partial charge >= 0.3 is 0 Å². The maximum atomic E-state index is 5.84. The van der Waals surface area contributed by atoms with Crippen molar-refractivity contribution < 1.29 is 4.74 Å². The van der Waals surface area contributed by atoms with E-state index in [0.29, 0.717) is 12.5 Å². The molecule has 170 valence electrons. The van der Waals surface area contributed by atoms with Gasteiger partial charge < -0.3 is 4.74 Å². The van der Waals surface area contributed by atoms with Crippen molar-refractivity contribution in [3.05, 3.63) is 77.6 Å². The Morgan fingerprint density at radius 3 is 1.78 bits per heavy atom. The van der Waals surface area contributed by atoms with Crippen molar-refractivity contribution in [3.8, 4) is 17.1 Å². The lowest BCUT2D eigenvalue weighted by Gasteiger charge is -2.08. The van der Waals surface area contributed by atoms with Crippen molar-refractivity contribution in [1.29, 1.82) is 0 Å². The van der Waals surface area contributed by atoms with Crippen molar-refractivity contribution in [1.82, 2.24) is 9.97 Å². The highest BCUT2D eigenvalue weighted by molar-refractivity contribution is 5.58. The number of aryl methyl sites for hydroxylation is 2. The molecule has 3 aromatic rings. The van der Waals surface area contributed by atoms with Gasteiger partial charge in [0.2, 0.25) is 5.88 Å². The summed E-state index contributed by atoms with van der Waals surface area (Å²) in [6.07, 6.45) is 16.2. The summed E-state index contributed by atoms with van der Waals surface area (Å²) in [7, 11) is 0. The first-order chi connectivity index (χ1) is 15.8. The molecule has 1 aromatic heterocycles. The van der Waals surface area contributed by atoms with E-state index >= 15 is 0 Å². The fourth-order valence-corrected chi connectivity index (χ4v) is 3.85. The highest BCUT2D eigenvalue weighted by atomic mass is 16.5. The summed E-state index contributed by atoms with van der Waals surface area (Å²) in [6, 6.07) is 17.4. The highest BCUT2D eigenvalue weighted by Gasteiger charge is 2.04. The quantitative estimate of drug-likeness (QED) is 0.243. The van der Waals surface area contributed by atoms with Gasteiger partial charge in [0.25, 0.3) is 0 Å². The van der Waals surface area contributed by atoms with Crippen molar-refractivity contribution >= 4 is 0 Å². The second-order valence-electron chi connectivity index (χ2n) is 8.66. The van der Waals surface area contributed by atoms with Gasteiger partial charge in [-0.05, 0) is 42.4 Å². The third kappa shape index (κ3) is 8.11. The molecule has 0 spiro atoms. The Morgan fingerprint density at radius 1 is 0.594 bits per heavy atom. The van der Waals surface area contributed by atoms with Crippen LogP contribution in [0.4, 0.5) is 0 Å². The number of unbranched alkanes of at least 4 members (excludes halogenated alkanes) is 6. The molecule has 0 fully saturated rings. The molecule has 0 saturated carbocycles. The van der Waals surface area contributed by atoms with Gasteiger partial charge in [0, 0.05) is 5.56 Å². The van der Waals surface area contributed by atoms with Gasteiger partial charge in [-0.3, -0.25) is 0 Å². The number of benzene rings is 2. The molecule has 3 heteroatoms. The second-order valence-corrected chi connectivity index (χ2v) is 8.66. The number of hydrogen-bond donors (Lipinski definition) is 0. The molecular weight excluding hydrogens is 392 g/mol. The number of rotatable bonds is 14. The topological polar surface area (TPSA) is 35.0 Å². The van der Waals surface area contributed by atoms with Crippen LogP contribution in [0.25, 0.3) is 11.3 Å². The maximum Gasteiger partial charge on any atom is 0.232 e. The van der Waals surface area contributed by atoms with Crippen LogP contribution in [0.1, 0.15) is 81.9 Å². The zero-order valence-corrected chi connectivity index (χ0v) is 19.9. The molecule has 0 aliphatic carbocycles. The maximum absolute atomic E-state index is 5.84. The first-order valence-electron chi connectivity index (χ1n) is 12.4. The molecule has 0 atom stereocenters. The van der Waals surface area contributed by atoms with Crippen LogP contribution in [-0.4, -0.2) is 9.97 Å². The molecule has 32 heavy (non-hydrogen) atoms. The Kier molecular flexibility index (Phi) is 10.2. The molecule has 3 nitrogen and oxygen atoms in total. The van der Waals surface area contributed by atoms with Gasteiger partial charge in [-0.1, -0.05) is 101 Å². The Morgan fingerprint density at radius 2 is 1.16 bits per heavy atom. The lowest BCUT2D eigenvalue weighted by atomic mass is 10.0. The Hall–Kier alpha value is -2.68. The van der Waals surface area contributed by atoms with Gasteiger partial charge in [-0.25, -0.2) is 9.97 Å². The SMILES string of the molecule is CCCCCCCc1ccc(-c2cnc(OCc3ccc(CCCCC)cc3)cn2)cc1. The fourth-order valence-electron chi connectivity index (χ4n) is 3.85. The summed E-state index contributed by atoms with van der Waals surface area (Å²) in [6.45, 7) is 5.01. The zero-order chi connectivity index (χ0) is 22.4. The van der Waals surface area contributed by atoms with Crippen LogP contribution in [0.5, 0.6) is 5.88 Å². The van der Waals surface area contributed by atoms with E-state index in [4.69, 9.17) is 4.74 Å². The third-order valence-electron chi connectivity index (χ3n) is 5.93. The van der Waals surface area contributed by atoms with Gasteiger partial charge in [0.1, 0.15) is 6.61 Å². The monoisotopic (exact) mass is 430 g/mol. The van der Waals surface area contributed by atoms with Crippen LogP contribution in [-0.2, 0) is 19.4 Å². The van der Waals surface area contributed by atoms with Gasteiger partial charge in [0.15, 0.2) is 0 Å². The second kappa shape index (κ2) is 13.7. The molecule has 0 aliphatic rings. The van der Waals surface area contributed by atoms with Crippen molar-refractivity contribution in [2.24, 2.45) is 0 Å².